The van der Waals surface area contributed by atoms with Gasteiger partial charge in [0.2, 0.25) is 10.0 Å². The molecule has 2 aliphatic heterocycles. The number of hydrogen-bond acceptors (Lipinski definition) is 4. The van der Waals surface area contributed by atoms with Gasteiger partial charge in [0.05, 0.1) is 11.9 Å². The molecular weight excluding hydrogens is 286 g/mol. The van der Waals surface area contributed by atoms with Crippen LogP contribution in [0.5, 0.6) is 0 Å². The summed E-state index contributed by atoms with van der Waals surface area (Å²) in [5.74, 6) is 0. The smallest absolute Gasteiger partial charge is 0.211 e. The maximum absolute atomic E-state index is 12.0. The fraction of sp³-hybridized carbons (Fsp3) is 0.667. The van der Waals surface area contributed by atoms with Crippen LogP contribution >= 0.6 is 0 Å². The second-order valence-corrected chi connectivity index (χ2v) is 8.17. The molecule has 0 radical (unpaired) electrons. The summed E-state index contributed by atoms with van der Waals surface area (Å²) in [5, 5.41) is 0. The number of hydrogen-bond donors (Lipinski definition) is 0. The zero-order chi connectivity index (χ0) is 14.9. The van der Waals surface area contributed by atoms with Gasteiger partial charge in [-0.1, -0.05) is 6.07 Å². The van der Waals surface area contributed by atoms with Crippen molar-refractivity contribution >= 4 is 10.0 Å². The molecule has 2 fully saturated rings. The Balaban J connectivity index is 1.65. The molecule has 2 aliphatic rings. The van der Waals surface area contributed by atoms with Crippen molar-refractivity contribution in [2.45, 2.75) is 37.8 Å². The Labute approximate surface area is 127 Å². The molecule has 5 nitrogen and oxygen atoms in total. The highest BCUT2D eigenvalue weighted by molar-refractivity contribution is 7.88. The summed E-state index contributed by atoms with van der Waals surface area (Å²) < 4.78 is 25.7. The number of nitrogens with zero attached hydrogens (tertiary/aromatic N) is 3. The largest absolute Gasteiger partial charge is 0.297 e. The molecule has 1 aromatic rings. The minimum absolute atomic E-state index is 0.117. The summed E-state index contributed by atoms with van der Waals surface area (Å²) in [4.78, 5) is 6.75. The molecule has 3 rings (SSSR count). The van der Waals surface area contributed by atoms with E-state index in [1.54, 1.807) is 4.31 Å². The van der Waals surface area contributed by atoms with Crippen LogP contribution in [0.1, 0.15) is 31.4 Å². The van der Waals surface area contributed by atoms with Crippen molar-refractivity contribution in [3.63, 3.8) is 0 Å². The summed E-state index contributed by atoms with van der Waals surface area (Å²) >= 11 is 0. The van der Waals surface area contributed by atoms with E-state index in [2.05, 4.69) is 9.88 Å². The predicted molar refractivity (Wildman–Crippen MR) is 82.3 cm³/mol. The molecule has 0 amide bonds. The summed E-state index contributed by atoms with van der Waals surface area (Å²) in [6.07, 6.45) is 7.05. The van der Waals surface area contributed by atoms with Crippen LogP contribution in [0, 0.1) is 0 Å². The quantitative estimate of drug-likeness (QED) is 0.848. The van der Waals surface area contributed by atoms with Crippen LogP contribution in [-0.2, 0) is 16.6 Å². The molecule has 0 atom stereocenters. The van der Waals surface area contributed by atoms with Gasteiger partial charge in [0.15, 0.2) is 0 Å². The molecule has 3 heterocycles. The van der Waals surface area contributed by atoms with E-state index in [4.69, 9.17) is 0 Å². The van der Waals surface area contributed by atoms with Gasteiger partial charge in [-0.05, 0) is 37.8 Å². The van der Waals surface area contributed by atoms with Gasteiger partial charge in [0.25, 0.3) is 0 Å². The van der Waals surface area contributed by atoms with Crippen molar-refractivity contribution in [1.82, 2.24) is 14.2 Å². The first-order valence-electron chi connectivity index (χ1n) is 7.60. The van der Waals surface area contributed by atoms with Crippen LogP contribution in [0.2, 0.25) is 0 Å². The monoisotopic (exact) mass is 309 g/mol. The normalized spacial score (nSPS) is 23.7. The van der Waals surface area contributed by atoms with E-state index in [-0.39, 0.29) is 5.54 Å². The first-order valence-corrected chi connectivity index (χ1v) is 9.45. The van der Waals surface area contributed by atoms with Gasteiger partial charge in [-0.3, -0.25) is 9.88 Å². The zero-order valence-electron chi connectivity index (χ0n) is 12.5. The minimum Gasteiger partial charge on any atom is -0.297 e. The Kier molecular flexibility index (Phi) is 4.03. The first kappa shape index (κ1) is 14.9. The number of piperidine rings is 1. The lowest BCUT2D eigenvalue weighted by atomic mass is 9.86. The highest BCUT2D eigenvalue weighted by atomic mass is 32.2. The SMILES string of the molecule is CS(=O)(=O)N1CCCC12CCN(Cc1ccccn1)CC2. The molecule has 1 aromatic heterocycles. The lowest BCUT2D eigenvalue weighted by Gasteiger charge is -2.43. The van der Waals surface area contributed by atoms with Crippen LogP contribution in [0.3, 0.4) is 0 Å². The predicted octanol–water partition coefficient (Wildman–Crippen LogP) is 1.47. The van der Waals surface area contributed by atoms with Crippen LogP contribution < -0.4 is 0 Å². The average molecular weight is 309 g/mol. The lowest BCUT2D eigenvalue weighted by molar-refractivity contribution is 0.0977. The van der Waals surface area contributed by atoms with Gasteiger partial charge in [0.1, 0.15) is 0 Å². The van der Waals surface area contributed by atoms with Crippen LogP contribution in [0.4, 0.5) is 0 Å². The summed E-state index contributed by atoms with van der Waals surface area (Å²) in [5.41, 5.74) is 0.966. The zero-order valence-corrected chi connectivity index (χ0v) is 13.3. The molecule has 0 bridgehead atoms. The fourth-order valence-corrected chi connectivity index (χ4v) is 5.22. The number of pyridine rings is 1. The Bertz CT molecular complexity index is 580. The molecule has 1 spiro atoms. The van der Waals surface area contributed by atoms with Gasteiger partial charge in [-0.15, -0.1) is 0 Å². The maximum atomic E-state index is 12.0. The average Bonchev–Trinajstić information content (AvgIpc) is 2.87. The standard InChI is InChI=1S/C15H23N3O2S/c1-21(19,20)18-10-4-6-15(18)7-11-17(12-8-15)13-14-5-2-3-9-16-14/h2-3,5,9H,4,6-8,10-13H2,1H3. The van der Waals surface area contributed by atoms with E-state index < -0.39 is 10.0 Å². The number of sulfonamides is 1. The van der Waals surface area contributed by atoms with Crippen molar-refractivity contribution in [1.29, 1.82) is 0 Å². The van der Waals surface area contributed by atoms with Gasteiger partial charge >= 0.3 is 0 Å². The topological polar surface area (TPSA) is 53.5 Å². The molecule has 6 heteroatoms. The molecule has 0 saturated carbocycles. The third-order valence-corrected chi connectivity index (χ3v) is 6.20. The molecule has 0 aliphatic carbocycles. The number of aromatic nitrogens is 1. The van der Waals surface area contributed by atoms with Crippen LogP contribution in [-0.4, -0.2) is 54.0 Å². The lowest BCUT2D eigenvalue weighted by Crippen LogP contribution is -2.53. The summed E-state index contributed by atoms with van der Waals surface area (Å²) in [6.45, 7) is 3.44. The molecule has 0 unspecified atom stereocenters. The third-order valence-electron chi connectivity index (χ3n) is 4.83. The van der Waals surface area contributed by atoms with Crippen molar-refractivity contribution in [2.24, 2.45) is 0 Å². The van der Waals surface area contributed by atoms with E-state index >= 15 is 0 Å². The van der Waals surface area contributed by atoms with Crippen molar-refractivity contribution in [2.75, 3.05) is 25.9 Å². The first-order chi connectivity index (χ1) is 10.00. The van der Waals surface area contributed by atoms with Gasteiger partial charge in [-0.2, -0.15) is 4.31 Å². The molecule has 116 valence electrons. The van der Waals surface area contributed by atoms with E-state index in [0.29, 0.717) is 6.54 Å². The minimum atomic E-state index is -3.08. The van der Waals surface area contributed by atoms with Crippen molar-refractivity contribution in [3.8, 4) is 0 Å². The maximum Gasteiger partial charge on any atom is 0.211 e. The van der Waals surface area contributed by atoms with Gasteiger partial charge < -0.3 is 0 Å². The Morgan fingerprint density at radius 1 is 1.19 bits per heavy atom. The van der Waals surface area contributed by atoms with Crippen LogP contribution in [0.15, 0.2) is 24.4 Å². The van der Waals surface area contributed by atoms with Crippen molar-refractivity contribution in [3.05, 3.63) is 30.1 Å². The fourth-order valence-electron chi connectivity index (χ4n) is 3.78. The Hall–Kier alpha value is -0.980. The highest BCUT2D eigenvalue weighted by Crippen LogP contribution is 2.40. The Morgan fingerprint density at radius 2 is 1.95 bits per heavy atom. The van der Waals surface area contributed by atoms with E-state index in [1.807, 2.05) is 24.4 Å². The highest BCUT2D eigenvalue weighted by Gasteiger charge is 2.46. The molecule has 0 aromatic carbocycles. The second kappa shape index (κ2) is 5.66. The van der Waals surface area contributed by atoms with Gasteiger partial charge in [0, 0.05) is 37.9 Å². The molecule has 21 heavy (non-hydrogen) atoms. The van der Waals surface area contributed by atoms with E-state index in [1.165, 1.54) is 6.26 Å². The Morgan fingerprint density at radius 3 is 2.57 bits per heavy atom. The third kappa shape index (κ3) is 3.12. The van der Waals surface area contributed by atoms with Crippen LogP contribution in [0.25, 0.3) is 0 Å². The number of rotatable bonds is 3. The number of likely N-dealkylation sites (tertiary alicyclic amines) is 1. The summed E-state index contributed by atoms with van der Waals surface area (Å²) in [7, 11) is -3.08. The van der Waals surface area contributed by atoms with E-state index in [0.717, 1.165) is 51.0 Å². The van der Waals surface area contributed by atoms with E-state index in [9.17, 15) is 8.42 Å². The van der Waals surface area contributed by atoms with Gasteiger partial charge in [-0.25, -0.2) is 8.42 Å². The van der Waals surface area contributed by atoms with Crippen molar-refractivity contribution < 1.29 is 8.42 Å². The molecule has 2 saturated heterocycles. The molecule has 0 N–H and O–H groups in total. The summed E-state index contributed by atoms with van der Waals surface area (Å²) in [6, 6.07) is 5.98. The second-order valence-electron chi connectivity index (χ2n) is 6.26. The molecular formula is C15H23N3O2S.